The number of hydrogen-bond donors (Lipinski definition) is 3. The Hall–Kier alpha value is -1.78. The largest absolute Gasteiger partial charge is 0.508 e. The molecular weight excluding hydrogens is 215 g/mol. The molecule has 88 valence electrons. The Labute approximate surface area is 92.0 Å². The topological polar surface area (TPSA) is 77.8 Å². The lowest BCUT2D eigenvalue weighted by molar-refractivity contribution is -0.138. The third-order valence-electron chi connectivity index (χ3n) is 2.39. The molecule has 3 N–H and O–H groups in total. The number of aromatic hydroxyl groups is 2. The second-order valence-corrected chi connectivity index (χ2v) is 4.28. The maximum Gasteiger partial charge on any atom is 0.304 e. The molecule has 4 nitrogen and oxygen atoms in total. The van der Waals surface area contributed by atoms with Crippen molar-refractivity contribution in [2.75, 3.05) is 0 Å². The number of aliphatic carboxylic acids is 1. The van der Waals surface area contributed by atoms with E-state index < -0.39 is 23.0 Å². The lowest BCUT2D eigenvalue weighted by Crippen LogP contribution is -2.21. The zero-order valence-electron chi connectivity index (χ0n) is 8.99. The van der Waals surface area contributed by atoms with Gasteiger partial charge in [-0.25, -0.2) is 4.39 Å². The van der Waals surface area contributed by atoms with Crippen molar-refractivity contribution < 1.29 is 24.5 Å². The summed E-state index contributed by atoms with van der Waals surface area (Å²) in [7, 11) is 0. The van der Waals surface area contributed by atoms with E-state index in [4.69, 9.17) is 5.11 Å². The van der Waals surface area contributed by atoms with Gasteiger partial charge in [0.25, 0.3) is 0 Å². The van der Waals surface area contributed by atoms with Gasteiger partial charge in [0, 0.05) is 17.0 Å². The van der Waals surface area contributed by atoms with Gasteiger partial charge in [-0.05, 0) is 6.07 Å². The Bertz CT molecular complexity index is 426. The number of phenolic OH excluding ortho intramolecular Hbond substituents is 2. The fourth-order valence-electron chi connectivity index (χ4n) is 1.57. The minimum atomic E-state index is -1.03. The number of hydrogen-bond acceptors (Lipinski definition) is 3. The number of phenols is 2. The number of carboxylic acid groups (broad SMARTS) is 1. The molecule has 5 heteroatoms. The predicted octanol–water partition coefficient (Wildman–Crippen LogP) is 1.99. The highest BCUT2D eigenvalue weighted by atomic mass is 19.1. The number of carbonyl (C=O) groups is 1. The molecule has 0 fully saturated rings. The first-order valence-electron chi connectivity index (χ1n) is 4.68. The maximum atomic E-state index is 12.9. The van der Waals surface area contributed by atoms with Gasteiger partial charge in [0.2, 0.25) is 0 Å². The fourth-order valence-corrected chi connectivity index (χ4v) is 1.57. The molecular formula is C11H13FO4. The van der Waals surface area contributed by atoms with E-state index in [9.17, 15) is 19.4 Å². The van der Waals surface area contributed by atoms with Gasteiger partial charge in [0.05, 0.1) is 6.42 Å². The molecule has 0 aliphatic heterocycles. The Kier molecular flexibility index (Phi) is 3.07. The van der Waals surface area contributed by atoms with E-state index in [2.05, 4.69) is 0 Å². The van der Waals surface area contributed by atoms with E-state index in [-0.39, 0.29) is 17.7 Å². The summed E-state index contributed by atoms with van der Waals surface area (Å²) >= 11 is 0. The molecule has 1 aromatic rings. The van der Waals surface area contributed by atoms with Crippen LogP contribution in [0.5, 0.6) is 11.5 Å². The molecule has 0 aliphatic rings. The van der Waals surface area contributed by atoms with Crippen LogP contribution in [0.1, 0.15) is 25.8 Å². The third kappa shape index (κ3) is 2.42. The van der Waals surface area contributed by atoms with Crippen LogP contribution in [-0.4, -0.2) is 21.3 Å². The minimum Gasteiger partial charge on any atom is -0.508 e. The first-order valence-corrected chi connectivity index (χ1v) is 4.68. The fraction of sp³-hybridized carbons (Fsp3) is 0.364. The van der Waals surface area contributed by atoms with Crippen LogP contribution in [0.2, 0.25) is 0 Å². The number of carboxylic acids is 1. The van der Waals surface area contributed by atoms with Crippen LogP contribution in [0, 0.1) is 5.82 Å². The monoisotopic (exact) mass is 228 g/mol. The SMILES string of the molecule is CC(C)(CC(=O)O)c1cc(O)c(F)cc1O. The number of rotatable bonds is 3. The van der Waals surface area contributed by atoms with Crippen molar-refractivity contribution >= 4 is 5.97 Å². The molecule has 0 aliphatic carbocycles. The lowest BCUT2D eigenvalue weighted by Gasteiger charge is -2.24. The molecule has 0 amide bonds. The highest BCUT2D eigenvalue weighted by Crippen LogP contribution is 2.37. The summed E-state index contributed by atoms with van der Waals surface area (Å²) in [6, 6.07) is 1.82. The maximum absolute atomic E-state index is 12.9. The van der Waals surface area contributed by atoms with Crippen molar-refractivity contribution in [3.05, 3.63) is 23.5 Å². The van der Waals surface area contributed by atoms with E-state index in [0.29, 0.717) is 0 Å². The molecule has 0 heterocycles. The molecule has 0 bridgehead atoms. The van der Waals surface area contributed by atoms with Crippen molar-refractivity contribution in [1.82, 2.24) is 0 Å². The average Bonchev–Trinajstić information content (AvgIpc) is 2.08. The number of benzene rings is 1. The minimum absolute atomic E-state index is 0.203. The number of halogens is 1. The summed E-state index contributed by atoms with van der Waals surface area (Å²) in [5.74, 6) is -2.94. The van der Waals surface area contributed by atoms with Crippen molar-refractivity contribution in [3.63, 3.8) is 0 Å². The summed E-state index contributed by atoms with van der Waals surface area (Å²) < 4.78 is 12.9. The van der Waals surface area contributed by atoms with Crippen molar-refractivity contribution in [2.45, 2.75) is 25.7 Å². The molecule has 16 heavy (non-hydrogen) atoms. The summed E-state index contributed by atoms with van der Waals surface area (Å²) in [4.78, 5) is 10.6. The smallest absolute Gasteiger partial charge is 0.304 e. The molecule has 0 unspecified atom stereocenters. The first kappa shape index (κ1) is 12.3. The third-order valence-corrected chi connectivity index (χ3v) is 2.39. The first-order chi connectivity index (χ1) is 7.24. The van der Waals surface area contributed by atoms with Crippen LogP contribution in [-0.2, 0) is 10.2 Å². The van der Waals surface area contributed by atoms with Crippen molar-refractivity contribution in [3.8, 4) is 11.5 Å². The van der Waals surface area contributed by atoms with Gasteiger partial charge in [0.1, 0.15) is 5.75 Å². The normalized spacial score (nSPS) is 11.4. The summed E-state index contributed by atoms with van der Waals surface area (Å²) in [6.07, 6.45) is -0.231. The van der Waals surface area contributed by atoms with E-state index in [1.165, 1.54) is 0 Å². The van der Waals surface area contributed by atoms with Crippen LogP contribution < -0.4 is 0 Å². The van der Waals surface area contributed by atoms with E-state index >= 15 is 0 Å². The molecule has 1 rings (SSSR count). The van der Waals surface area contributed by atoms with Gasteiger partial charge in [-0.15, -0.1) is 0 Å². The van der Waals surface area contributed by atoms with Gasteiger partial charge in [-0.1, -0.05) is 13.8 Å². The predicted molar refractivity (Wildman–Crippen MR) is 55.0 cm³/mol. The Morgan fingerprint density at radius 3 is 2.38 bits per heavy atom. The van der Waals surface area contributed by atoms with Crippen LogP contribution in [0.25, 0.3) is 0 Å². The lowest BCUT2D eigenvalue weighted by atomic mass is 9.81. The second kappa shape index (κ2) is 4.00. The molecule has 0 spiro atoms. The highest BCUT2D eigenvalue weighted by molar-refractivity contribution is 5.69. The van der Waals surface area contributed by atoms with Crippen LogP contribution >= 0.6 is 0 Å². The summed E-state index contributed by atoms with van der Waals surface area (Å²) in [5.41, 5.74) is -0.685. The van der Waals surface area contributed by atoms with Crippen molar-refractivity contribution in [1.29, 1.82) is 0 Å². The zero-order valence-corrected chi connectivity index (χ0v) is 8.99. The molecule has 0 saturated heterocycles. The Morgan fingerprint density at radius 2 is 1.88 bits per heavy atom. The van der Waals surface area contributed by atoms with Crippen LogP contribution in [0.3, 0.4) is 0 Å². The highest BCUT2D eigenvalue weighted by Gasteiger charge is 2.28. The van der Waals surface area contributed by atoms with Gasteiger partial charge >= 0.3 is 5.97 Å². The van der Waals surface area contributed by atoms with E-state index in [1.807, 2.05) is 0 Å². The second-order valence-electron chi connectivity index (χ2n) is 4.28. The molecule has 0 aromatic heterocycles. The van der Waals surface area contributed by atoms with Crippen molar-refractivity contribution in [2.24, 2.45) is 0 Å². The summed E-state index contributed by atoms with van der Waals surface area (Å²) in [5, 5.41) is 27.4. The van der Waals surface area contributed by atoms with Gasteiger partial charge in [-0.2, -0.15) is 0 Å². The van der Waals surface area contributed by atoms with E-state index in [0.717, 1.165) is 12.1 Å². The zero-order chi connectivity index (χ0) is 12.5. The van der Waals surface area contributed by atoms with Gasteiger partial charge in [0.15, 0.2) is 11.6 Å². The summed E-state index contributed by atoms with van der Waals surface area (Å²) in [6.45, 7) is 3.18. The quantitative estimate of drug-likeness (QED) is 0.691. The van der Waals surface area contributed by atoms with Gasteiger partial charge < -0.3 is 15.3 Å². The average molecular weight is 228 g/mol. The van der Waals surface area contributed by atoms with Gasteiger partial charge in [-0.3, -0.25) is 4.79 Å². The molecule has 0 radical (unpaired) electrons. The van der Waals surface area contributed by atoms with Crippen LogP contribution in [0.4, 0.5) is 4.39 Å². The standard InChI is InChI=1S/C11H13FO4/c1-11(2,5-10(15)16)6-3-9(14)7(12)4-8(6)13/h3-4,13-14H,5H2,1-2H3,(H,15,16). The molecule has 0 saturated carbocycles. The molecule has 1 aromatic carbocycles. The Balaban J connectivity index is 3.22. The Morgan fingerprint density at radius 1 is 1.31 bits per heavy atom. The molecule has 0 atom stereocenters. The van der Waals surface area contributed by atoms with E-state index in [1.54, 1.807) is 13.8 Å². The van der Waals surface area contributed by atoms with Crippen LogP contribution in [0.15, 0.2) is 12.1 Å².